The van der Waals surface area contributed by atoms with Crippen LogP contribution in [0.5, 0.6) is 0 Å². The number of fused-ring (bicyclic) bond motifs is 1. The Labute approximate surface area is 121 Å². The quantitative estimate of drug-likeness (QED) is 0.914. The van der Waals surface area contributed by atoms with Crippen molar-refractivity contribution >= 4 is 0 Å². The van der Waals surface area contributed by atoms with Crippen LogP contribution in [0.1, 0.15) is 41.3 Å². The zero-order chi connectivity index (χ0) is 13.8. The number of benzene rings is 1. The molecule has 1 atom stereocenters. The molecule has 1 aromatic heterocycles. The molecule has 0 fully saturated rings. The molecule has 1 aromatic carbocycles. The van der Waals surface area contributed by atoms with Crippen molar-refractivity contribution in [3.05, 3.63) is 65.0 Å². The fraction of sp³-hybridized carbons (Fsp3) is 0.389. The zero-order valence-electron chi connectivity index (χ0n) is 12.1. The second-order valence-electron chi connectivity index (χ2n) is 5.62. The highest BCUT2D eigenvalue weighted by Crippen LogP contribution is 2.27. The molecule has 1 unspecified atom stereocenters. The highest BCUT2D eigenvalue weighted by Gasteiger charge is 2.20. The Kier molecular flexibility index (Phi) is 4.12. The molecule has 1 aliphatic carbocycles. The van der Waals surface area contributed by atoms with Gasteiger partial charge in [-0.2, -0.15) is 0 Å². The Balaban J connectivity index is 1.61. The van der Waals surface area contributed by atoms with Gasteiger partial charge in [-0.15, -0.1) is 0 Å². The molecule has 0 amide bonds. The number of aryl methyl sites for hydroxylation is 2. The number of rotatable bonds is 4. The first kappa shape index (κ1) is 13.3. The topological polar surface area (TPSA) is 24.9 Å². The van der Waals surface area contributed by atoms with E-state index in [-0.39, 0.29) is 0 Å². The van der Waals surface area contributed by atoms with Gasteiger partial charge in [-0.05, 0) is 61.9 Å². The molecule has 2 nitrogen and oxygen atoms in total. The zero-order valence-corrected chi connectivity index (χ0v) is 12.1. The average molecular weight is 266 g/mol. The number of hydrogen-bond acceptors (Lipinski definition) is 2. The summed E-state index contributed by atoms with van der Waals surface area (Å²) in [4.78, 5) is 4.58. The van der Waals surface area contributed by atoms with Crippen molar-refractivity contribution in [2.24, 2.45) is 0 Å². The highest BCUT2D eigenvalue weighted by molar-refractivity contribution is 5.27. The SMILES string of the molecule is Cc1ccccc1CCNC1CCCc2cccnc21. The van der Waals surface area contributed by atoms with Crippen LogP contribution in [0.4, 0.5) is 0 Å². The van der Waals surface area contributed by atoms with E-state index in [1.54, 1.807) is 0 Å². The number of pyridine rings is 1. The second-order valence-corrected chi connectivity index (χ2v) is 5.62. The van der Waals surface area contributed by atoms with Crippen LogP contribution in [-0.4, -0.2) is 11.5 Å². The van der Waals surface area contributed by atoms with Gasteiger partial charge in [0.25, 0.3) is 0 Å². The molecule has 0 saturated carbocycles. The lowest BCUT2D eigenvalue weighted by Crippen LogP contribution is -2.28. The predicted octanol–water partition coefficient (Wildman–Crippen LogP) is 3.60. The lowest BCUT2D eigenvalue weighted by Gasteiger charge is -2.25. The third kappa shape index (κ3) is 2.91. The normalized spacial score (nSPS) is 17.8. The van der Waals surface area contributed by atoms with Crippen molar-refractivity contribution in [3.8, 4) is 0 Å². The Morgan fingerprint density at radius 1 is 1.20 bits per heavy atom. The fourth-order valence-corrected chi connectivity index (χ4v) is 3.08. The molecular formula is C18H22N2. The Morgan fingerprint density at radius 2 is 2.10 bits per heavy atom. The van der Waals surface area contributed by atoms with Crippen molar-refractivity contribution in [1.29, 1.82) is 0 Å². The standard InChI is InChI=1S/C18H22N2/c1-14-6-2-3-7-15(14)11-13-19-17-10-4-8-16-9-5-12-20-18(16)17/h2-3,5-7,9,12,17,19H,4,8,10-11,13H2,1H3. The summed E-state index contributed by atoms with van der Waals surface area (Å²) in [5.41, 5.74) is 5.52. The molecule has 0 bridgehead atoms. The van der Waals surface area contributed by atoms with Crippen molar-refractivity contribution in [3.63, 3.8) is 0 Å². The van der Waals surface area contributed by atoms with Gasteiger partial charge in [0, 0.05) is 12.2 Å². The smallest absolute Gasteiger partial charge is 0.0605 e. The number of hydrogen-bond donors (Lipinski definition) is 1. The molecule has 0 spiro atoms. The summed E-state index contributed by atoms with van der Waals surface area (Å²) in [7, 11) is 0. The Hall–Kier alpha value is -1.67. The molecule has 1 aliphatic rings. The maximum atomic E-state index is 4.58. The molecule has 3 rings (SSSR count). The van der Waals surface area contributed by atoms with E-state index in [1.807, 2.05) is 6.20 Å². The van der Waals surface area contributed by atoms with Gasteiger partial charge in [0.1, 0.15) is 0 Å². The number of nitrogens with one attached hydrogen (secondary N) is 1. The first-order chi connectivity index (χ1) is 9.84. The monoisotopic (exact) mass is 266 g/mol. The largest absolute Gasteiger partial charge is 0.308 e. The second kappa shape index (κ2) is 6.19. The molecule has 104 valence electrons. The van der Waals surface area contributed by atoms with E-state index < -0.39 is 0 Å². The lowest BCUT2D eigenvalue weighted by molar-refractivity contribution is 0.451. The predicted molar refractivity (Wildman–Crippen MR) is 82.8 cm³/mol. The summed E-state index contributed by atoms with van der Waals surface area (Å²) in [5, 5.41) is 3.69. The first-order valence-corrected chi connectivity index (χ1v) is 7.56. The van der Waals surface area contributed by atoms with Crippen molar-refractivity contribution in [2.45, 2.75) is 38.6 Å². The Bertz CT molecular complexity index is 577. The van der Waals surface area contributed by atoms with Crippen molar-refractivity contribution < 1.29 is 0 Å². The molecule has 2 heteroatoms. The molecule has 0 radical (unpaired) electrons. The highest BCUT2D eigenvalue weighted by atomic mass is 14.9. The van der Waals surface area contributed by atoms with E-state index >= 15 is 0 Å². The van der Waals surface area contributed by atoms with Gasteiger partial charge in [0.05, 0.1) is 5.69 Å². The molecular weight excluding hydrogens is 244 g/mol. The van der Waals surface area contributed by atoms with Gasteiger partial charge in [-0.3, -0.25) is 4.98 Å². The van der Waals surface area contributed by atoms with Crippen LogP contribution < -0.4 is 5.32 Å². The van der Waals surface area contributed by atoms with Crippen LogP contribution in [-0.2, 0) is 12.8 Å². The molecule has 0 saturated heterocycles. The maximum absolute atomic E-state index is 4.58. The number of aromatic nitrogens is 1. The molecule has 1 heterocycles. The van der Waals surface area contributed by atoms with Gasteiger partial charge in [0.15, 0.2) is 0 Å². The average Bonchev–Trinajstić information content (AvgIpc) is 2.49. The molecule has 2 aromatic rings. The maximum Gasteiger partial charge on any atom is 0.0605 e. The number of nitrogens with zero attached hydrogens (tertiary/aromatic N) is 1. The van der Waals surface area contributed by atoms with Crippen molar-refractivity contribution in [1.82, 2.24) is 10.3 Å². The third-order valence-corrected chi connectivity index (χ3v) is 4.24. The van der Waals surface area contributed by atoms with E-state index in [9.17, 15) is 0 Å². The van der Waals surface area contributed by atoms with Gasteiger partial charge >= 0.3 is 0 Å². The third-order valence-electron chi connectivity index (χ3n) is 4.24. The van der Waals surface area contributed by atoms with Gasteiger partial charge < -0.3 is 5.32 Å². The van der Waals surface area contributed by atoms with Crippen LogP contribution in [0.15, 0.2) is 42.6 Å². The molecule has 1 N–H and O–H groups in total. The summed E-state index contributed by atoms with van der Waals surface area (Å²) < 4.78 is 0. The summed E-state index contributed by atoms with van der Waals surface area (Å²) in [5.74, 6) is 0. The summed E-state index contributed by atoms with van der Waals surface area (Å²) in [6.07, 6.45) is 6.66. The van der Waals surface area contributed by atoms with E-state index in [0.717, 1.165) is 13.0 Å². The van der Waals surface area contributed by atoms with E-state index in [0.29, 0.717) is 6.04 Å². The Morgan fingerprint density at radius 3 is 3.00 bits per heavy atom. The van der Waals surface area contributed by atoms with E-state index in [1.165, 1.54) is 41.6 Å². The molecule has 0 aliphatic heterocycles. The van der Waals surface area contributed by atoms with Crippen LogP contribution in [0.25, 0.3) is 0 Å². The minimum absolute atomic E-state index is 0.434. The van der Waals surface area contributed by atoms with Crippen LogP contribution in [0.3, 0.4) is 0 Å². The van der Waals surface area contributed by atoms with Crippen LogP contribution in [0.2, 0.25) is 0 Å². The van der Waals surface area contributed by atoms with Crippen LogP contribution in [0, 0.1) is 6.92 Å². The van der Waals surface area contributed by atoms with Gasteiger partial charge in [0.2, 0.25) is 0 Å². The summed E-state index contributed by atoms with van der Waals surface area (Å²) in [6, 6.07) is 13.3. The van der Waals surface area contributed by atoms with Crippen molar-refractivity contribution in [2.75, 3.05) is 6.54 Å². The van der Waals surface area contributed by atoms with Crippen LogP contribution >= 0.6 is 0 Å². The van der Waals surface area contributed by atoms with Gasteiger partial charge in [-0.25, -0.2) is 0 Å². The van der Waals surface area contributed by atoms with E-state index in [2.05, 4.69) is 53.6 Å². The minimum atomic E-state index is 0.434. The van der Waals surface area contributed by atoms with Gasteiger partial charge in [-0.1, -0.05) is 30.3 Å². The summed E-state index contributed by atoms with van der Waals surface area (Å²) in [6.45, 7) is 3.21. The summed E-state index contributed by atoms with van der Waals surface area (Å²) >= 11 is 0. The lowest BCUT2D eigenvalue weighted by atomic mass is 9.92. The molecule has 20 heavy (non-hydrogen) atoms. The fourth-order valence-electron chi connectivity index (χ4n) is 3.08. The van der Waals surface area contributed by atoms with E-state index in [4.69, 9.17) is 0 Å². The minimum Gasteiger partial charge on any atom is -0.308 e. The first-order valence-electron chi connectivity index (χ1n) is 7.56.